The Kier molecular flexibility index (Phi) is 2.29. The van der Waals surface area contributed by atoms with Crippen molar-refractivity contribution in [1.29, 1.82) is 0 Å². The number of aliphatic hydroxyl groups excluding tert-OH is 1. The van der Waals surface area contributed by atoms with Gasteiger partial charge in [-0.25, -0.2) is 4.39 Å². The first-order chi connectivity index (χ1) is 6.68. The summed E-state index contributed by atoms with van der Waals surface area (Å²) in [5, 5.41) is 9.22. The second kappa shape index (κ2) is 3.46. The molecular weight excluding hydrogens is 187 g/mol. The van der Waals surface area contributed by atoms with Gasteiger partial charge in [-0.1, -0.05) is 6.07 Å². The van der Waals surface area contributed by atoms with Crippen molar-refractivity contribution in [3.8, 4) is 11.5 Å². The number of ether oxygens (including phenoxy) is 2. The second-order valence-corrected chi connectivity index (χ2v) is 3.32. The molecule has 1 aliphatic heterocycles. The normalized spacial score (nSPS) is 15.6. The highest BCUT2D eigenvalue weighted by Crippen LogP contribution is 2.38. The molecule has 1 aliphatic rings. The van der Waals surface area contributed by atoms with Crippen molar-refractivity contribution in [3.63, 3.8) is 0 Å². The minimum atomic E-state index is -0.478. The Morgan fingerprint density at radius 2 is 2.14 bits per heavy atom. The van der Waals surface area contributed by atoms with Crippen LogP contribution in [-0.4, -0.2) is 18.0 Å². The lowest BCUT2D eigenvalue weighted by Gasteiger charge is -2.07. The van der Waals surface area contributed by atoms with Crippen LogP contribution in [0.5, 0.6) is 11.5 Å². The Balaban J connectivity index is 2.38. The van der Waals surface area contributed by atoms with E-state index in [1.54, 1.807) is 13.0 Å². The predicted molar refractivity (Wildman–Crippen MR) is 47.9 cm³/mol. The number of benzene rings is 1. The van der Waals surface area contributed by atoms with Crippen LogP contribution in [0, 0.1) is 5.82 Å². The fourth-order valence-electron chi connectivity index (χ4n) is 1.50. The van der Waals surface area contributed by atoms with Crippen molar-refractivity contribution in [2.24, 2.45) is 0 Å². The third-order valence-corrected chi connectivity index (χ3v) is 2.07. The molecule has 0 fully saturated rings. The molecule has 0 amide bonds. The van der Waals surface area contributed by atoms with E-state index in [0.717, 1.165) is 5.56 Å². The molecule has 3 nitrogen and oxygen atoms in total. The van der Waals surface area contributed by atoms with E-state index in [1.165, 1.54) is 6.07 Å². The number of fused-ring (bicyclic) bond motifs is 1. The van der Waals surface area contributed by atoms with E-state index in [9.17, 15) is 9.50 Å². The maximum Gasteiger partial charge on any atom is 0.231 e. The van der Waals surface area contributed by atoms with E-state index in [0.29, 0.717) is 12.2 Å². The molecule has 4 heteroatoms. The van der Waals surface area contributed by atoms with Gasteiger partial charge in [-0.15, -0.1) is 0 Å². The van der Waals surface area contributed by atoms with Crippen LogP contribution in [-0.2, 0) is 6.42 Å². The van der Waals surface area contributed by atoms with E-state index < -0.39 is 11.9 Å². The zero-order chi connectivity index (χ0) is 10.1. The average molecular weight is 198 g/mol. The van der Waals surface area contributed by atoms with Crippen LogP contribution in [0.2, 0.25) is 0 Å². The summed E-state index contributed by atoms with van der Waals surface area (Å²) in [6.07, 6.45) is -0.0415. The van der Waals surface area contributed by atoms with Crippen LogP contribution in [0.25, 0.3) is 0 Å². The largest absolute Gasteiger partial charge is 0.453 e. The van der Waals surface area contributed by atoms with E-state index in [1.807, 2.05) is 0 Å². The Morgan fingerprint density at radius 3 is 2.86 bits per heavy atom. The molecule has 76 valence electrons. The van der Waals surface area contributed by atoms with Gasteiger partial charge in [-0.05, 0) is 13.0 Å². The minimum absolute atomic E-state index is 0.0447. The van der Waals surface area contributed by atoms with E-state index in [4.69, 9.17) is 9.47 Å². The first kappa shape index (κ1) is 9.27. The molecule has 2 rings (SSSR count). The van der Waals surface area contributed by atoms with E-state index in [-0.39, 0.29) is 12.5 Å². The van der Waals surface area contributed by atoms with Gasteiger partial charge in [-0.2, -0.15) is 0 Å². The zero-order valence-electron chi connectivity index (χ0n) is 7.79. The molecule has 1 aromatic rings. The van der Waals surface area contributed by atoms with Gasteiger partial charge in [0.1, 0.15) is 0 Å². The first-order valence-electron chi connectivity index (χ1n) is 4.43. The summed E-state index contributed by atoms with van der Waals surface area (Å²) >= 11 is 0. The van der Waals surface area contributed by atoms with Gasteiger partial charge >= 0.3 is 0 Å². The molecule has 1 N–H and O–H groups in total. The van der Waals surface area contributed by atoms with Gasteiger partial charge < -0.3 is 14.6 Å². The van der Waals surface area contributed by atoms with Gasteiger partial charge in [0.25, 0.3) is 0 Å². The van der Waals surface area contributed by atoms with Crippen molar-refractivity contribution in [1.82, 2.24) is 0 Å². The maximum absolute atomic E-state index is 13.1. The lowest BCUT2D eigenvalue weighted by Crippen LogP contribution is -2.05. The molecule has 1 aromatic carbocycles. The van der Waals surface area contributed by atoms with E-state index >= 15 is 0 Å². The summed E-state index contributed by atoms with van der Waals surface area (Å²) in [5.74, 6) is 0.154. The number of hydrogen-bond acceptors (Lipinski definition) is 3. The topological polar surface area (TPSA) is 38.7 Å². The van der Waals surface area contributed by atoms with Gasteiger partial charge in [0, 0.05) is 12.0 Å². The SMILES string of the molecule is CC(O)Cc1ccc(F)c2c1OCO2. The number of hydrogen-bond donors (Lipinski definition) is 1. The third-order valence-electron chi connectivity index (χ3n) is 2.07. The molecule has 0 saturated carbocycles. The van der Waals surface area contributed by atoms with Crippen LogP contribution >= 0.6 is 0 Å². The Labute approximate surface area is 81.1 Å². The Bertz CT molecular complexity index is 349. The quantitative estimate of drug-likeness (QED) is 0.782. The molecule has 1 atom stereocenters. The Morgan fingerprint density at radius 1 is 1.43 bits per heavy atom. The Hall–Kier alpha value is -1.29. The highest BCUT2D eigenvalue weighted by Gasteiger charge is 2.22. The molecule has 0 radical (unpaired) electrons. The van der Waals surface area contributed by atoms with E-state index in [2.05, 4.69) is 0 Å². The minimum Gasteiger partial charge on any atom is -0.453 e. The molecule has 14 heavy (non-hydrogen) atoms. The van der Waals surface area contributed by atoms with Gasteiger partial charge in [0.15, 0.2) is 11.6 Å². The smallest absolute Gasteiger partial charge is 0.231 e. The molecule has 0 bridgehead atoms. The summed E-state index contributed by atoms with van der Waals surface area (Å²) in [7, 11) is 0. The van der Waals surface area contributed by atoms with Gasteiger partial charge in [-0.3, -0.25) is 0 Å². The van der Waals surface area contributed by atoms with Crippen LogP contribution in [0.3, 0.4) is 0 Å². The van der Waals surface area contributed by atoms with Crippen molar-refractivity contribution in [2.45, 2.75) is 19.4 Å². The fraction of sp³-hybridized carbons (Fsp3) is 0.400. The third kappa shape index (κ3) is 1.53. The summed E-state index contributed by atoms with van der Waals surface area (Å²) in [6, 6.07) is 2.93. The summed E-state index contributed by atoms with van der Waals surface area (Å²) in [4.78, 5) is 0. The van der Waals surface area contributed by atoms with Crippen LogP contribution < -0.4 is 9.47 Å². The summed E-state index contributed by atoms with van der Waals surface area (Å²) in [6.45, 7) is 1.72. The lowest BCUT2D eigenvalue weighted by molar-refractivity contribution is 0.167. The van der Waals surface area contributed by atoms with Crippen molar-refractivity contribution >= 4 is 0 Å². The molecule has 0 saturated heterocycles. The van der Waals surface area contributed by atoms with Crippen LogP contribution in [0.4, 0.5) is 4.39 Å². The van der Waals surface area contributed by atoms with Gasteiger partial charge in [0.05, 0.1) is 6.10 Å². The molecule has 1 unspecified atom stereocenters. The molecule has 0 aliphatic carbocycles. The first-order valence-corrected chi connectivity index (χ1v) is 4.43. The number of halogens is 1. The molecule has 0 spiro atoms. The highest BCUT2D eigenvalue weighted by molar-refractivity contribution is 5.49. The summed E-state index contributed by atoms with van der Waals surface area (Å²) in [5.41, 5.74) is 0.772. The second-order valence-electron chi connectivity index (χ2n) is 3.32. The van der Waals surface area contributed by atoms with Crippen molar-refractivity contribution in [3.05, 3.63) is 23.5 Å². The number of rotatable bonds is 2. The van der Waals surface area contributed by atoms with Crippen LogP contribution in [0.15, 0.2) is 12.1 Å². The fourth-order valence-corrected chi connectivity index (χ4v) is 1.50. The lowest BCUT2D eigenvalue weighted by atomic mass is 10.1. The summed E-state index contributed by atoms with van der Waals surface area (Å²) < 4.78 is 23.3. The number of aliphatic hydroxyl groups is 1. The molecular formula is C10H11FO3. The molecule has 0 aromatic heterocycles. The molecule has 1 heterocycles. The van der Waals surface area contributed by atoms with Gasteiger partial charge in [0.2, 0.25) is 12.5 Å². The van der Waals surface area contributed by atoms with Crippen LogP contribution in [0.1, 0.15) is 12.5 Å². The average Bonchev–Trinajstić information content (AvgIpc) is 2.58. The van der Waals surface area contributed by atoms with Crippen molar-refractivity contribution < 1.29 is 19.0 Å². The zero-order valence-corrected chi connectivity index (χ0v) is 7.79. The monoisotopic (exact) mass is 198 g/mol. The predicted octanol–water partition coefficient (Wildman–Crippen LogP) is 1.48. The maximum atomic E-state index is 13.1. The highest BCUT2D eigenvalue weighted by atomic mass is 19.1. The van der Waals surface area contributed by atoms with Crippen molar-refractivity contribution in [2.75, 3.05) is 6.79 Å². The standard InChI is InChI=1S/C10H11FO3/c1-6(12)4-7-2-3-8(11)10-9(7)13-5-14-10/h2-3,6,12H,4-5H2,1H3.